The maximum atomic E-state index is 6.32. The summed E-state index contributed by atoms with van der Waals surface area (Å²) in [5.41, 5.74) is 11.6. The summed E-state index contributed by atoms with van der Waals surface area (Å²) < 4.78 is 12.6. The van der Waals surface area contributed by atoms with Crippen molar-refractivity contribution in [2.45, 2.75) is 64.6 Å². The highest BCUT2D eigenvalue weighted by molar-refractivity contribution is 6.62. The fourth-order valence-corrected chi connectivity index (χ4v) is 5.52. The Kier molecular flexibility index (Phi) is 3.68. The summed E-state index contributed by atoms with van der Waals surface area (Å²) in [5.74, 6) is 0. The first-order valence-corrected chi connectivity index (χ1v) is 11.3. The second-order valence-electron chi connectivity index (χ2n) is 10.9. The molecule has 2 aliphatic carbocycles. The van der Waals surface area contributed by atoms with Crippen LogP contribution in [0.5, 0.6) is 0 Å². The summed E-state index contributed by atoms with van der Waals surface area (Å²) in [6.07, 6.45) is 0.994. The quantitative estimate of drug-likeness (QED) is 0.367. The second kappa shape index (κ2) is 5.91. The van der Waals surface area contributed by atoms with Gasteiger partial charge in [0.05, 0.1) is 11.2 Å². The molecule has 3 aromatic carbocycles. The fourth-order valence-electron chi connectivity index (χ4n) is 5.52. The maximum absolute atomic E-state index is 6.32. The number of fused-ring (bicyclic) bond motifs is 6. The molecule has 1 aliphatic heterocycles. The molecule has 31 heavy (non-hydrogen) atoms. The van der Waals surface area contributed by atoms with E-state index in [1.807, 2.05) is 0 Å². The summed E-state index contributed by atoms with van der Waals surface area (Å²) in [6.45, 7) is 13.1. The summed E-state index contributed by atoms with van der Waals surface area (Å²) in [6, 6.07) is 20.5. The second-order valence-corrected chi connectivity index (χ2v) is 10.9. The Morgan fingerprint density at radius 3 is 2.06 bits per heavy atom. The lowest BCUT2D eigenvalue weighted by atomic mass is 9.77. The van der Waals surface area contributed by atoms with E-state index in [2.05, 4.69) is 96.1 Å². The van der Waals surface area contributed by atoms with Crippen LogP contribution in [0.25, 0.3) is 22.3 Å². The number of benzene rings is 3. The molecule has 3 aromatic rings. The van der Waals surface area contributed by atoms with Crippen LogP contribution in [0.4, 0.5) is 0 Å². The van der Waals surface area contributed by atoms with E-state index in [1.165, 1.54) is 44.5 Å². The minimum Gasteiger partial charge on any atom is -0.399 e. The Bertz CT molecular complexity index is 1240. The normalized spacial score (nSPS) is 20.9. The van der Waals surface area contributed by atoms with Gasteiger partial charge in [-0.15, -0.1) is 0 Å². The van der Waals surface area contributed by atoms with E-state index in [4.69, 9.17) is 9.31 Å². The predicted octanol–water partition coefficient (Wildman–Crippen LogP) is 5.86. The summed E-state index contributed by atoms with van der Waals surface area (Å²) in [5, 5.41) is 0. The molecule has 0 amide bonds. The van der Waals surface area contributed by atoms with Crippen LogP contribution >= 0.6 is 0 Å². The predicted molar refractivity (Wildman–Crippen MR) is 128 cm³/mol. The Hall–Kier alpha value is -2.36. The van der Waals surface area contributed by atoms with Crippen LogP contribution in [-0.4, -0.2) is 18.3 Å². The van der Waals surface area contributed by atoms with Gasteiger partial charge in [0.1, 0.15) is 0 Å². The van der Waals surface area contributed by atoms with Crippen molar-refractivity contribution in [3.8, 4) is 22.3 Å². The van der Waals surface area contributed by atoms with Gasteiger partial charge in [0, 0.05) is 5.41 Å². The lowest BCUT2D eigenvalue weighted by Gasteiger charge is -2.32. The largest absolute Gasteiger partial charge is 0.494 e. The third kappa shape index (κ3) is 2.54. The first-order valence-electron chi connectivity index (χ1n) is 11.3. The molecule has 1 saturated heterocycles. The monoisotopic (exact) mass is 408 g/mol. The zero-order chi connectivity index (χ0) is 21.8. The first-order chi connectivity index (χ1) is 14.6. The molecule has 0 bridgehead atoms. The number of hydrogen-bond donors (Lipinski definition) is 0. The molecular formula is C28H29BO2. The van der Waals surface area contributed by atoms with Crippen molar-refractivity contribution in [3.63, 3.8) is 0 Å². The van der Waals surface area contributed by atoms with Crippen LogP contribution < -0.4 is 5.46 Å². The number of rotatable bonds is 1. The van der Waals surface area contributed by atoms with Gasteiger partial charge < -0.3 is 9.31 Å². The van der Waals surface area contributed by atoms with Crippen molar-refractivity contribution < 1.29 is 9.31 Å². The van der Waals surface area contributed by atoms with Crippen LogP contribution in [0.3, 0.4) is 0 Å². The van der Waals surface area contributed by atoms with Crippen LogP contribution in [0, 0.1) is 0 Å². The van der Waals surface area contributed by atoms with E-state index in [0.717, 1.165) is 11.9 Å². The fraction of sp³-hybridized carbons (Fsp3) is 0.357. The number of hydrogen-bond acceptors (Lipinski definition) is 2. The zero-order valence-corrected chi connectivity index (χ0v) is 19.3. The third-order valence-electron chi connectivity index (χ3n) is 8.14. The molecule has 0 radical (unpaired) electrons. The van der Waals surface area contributed by atoms with Crippen molar-refractivity contribution in [1.29, 1.82) is 0 Å². The molecule has 3 heteroatoms. The van der Waals surface area contributed by atoms with Gasteiger partial charge in [0.15, 0.2) is 0 Å². The zero-order valence-electron chi connectivity index (χ0n) is 19.3. The minimum atomic E-state index is -0.329. The highest BCUT2D eigenvalue weighted by Gasteiger charge is 2.51. The molecule has 0 spiro atoms. The Balaban J connectivity index is 1.46. The van der Waals surface area contributed by atoms with E-state index in [9.17, 15) is 0 Å². The molecule has 1 heterocycles. The molecule has 0 atom stereocenters. The smallest absolute Gasteiger partial charge is 0.399 e. The standard InChI is InChI=1S/C28H29BO2/c1-26(2)24-10-8-7-9-20(24)23-16-22-18(14-25(23)26)13-17-11-12-19(15-21(17)22)29-30-27(3,4)28(5,6)31-29/h7-12,14-16H,13H2,1-6H3. The maximum Gasteiger partial charge on any atom is 0.494 e. The summed E-state index contributed by atoms with van der Waals surface area (Å²) in [4.78, 5) is 0. The topological polar surface area (TPSA) is 18.5 Å². The Morgan fingerprint density at radius 1 is 0.645 bits per heavy atom. The Morgan fingerprint density at radius 2 is 1.32 bits per heavy atom. The van der Waals surface area contributed by atoms with Gasteiger partial charge in [-0.05, 0) is 90.2 Å². The molecule has 156 valence electrons. The van der Waals surface area contributed by atoms with Gasteiger partial charge in [-0.3, -0.25) is 0 Å². The molecule has 0 unspecified atom stereocenters. The highest BCUT2D eigenvalue weighted by atomic mass is 16.7. The average molecular weight is 408 g/mol. The highest BCUT2D eigenvalue weighted by Crippen LogP contribution is 2.52. The molecule has 1 fully saturated rings. The molecule has 3 aliphatic rings. The lowest BCUT2D eigenvalue weighted by Crippen LogP contribution is -2.41. The van der Waals surface area contributed by atoms with Crippen molar-refractivity contribution in [3.05, 3.63) is 76.9 Å². The summed E-state index contributed by atoms with van der Waals surface area (Å²) in [7, 11) is -0.326. The van der Waals surface area contributed by atoms with Gasteiger partial charge in [-0.25, -0.2) is 0 Å². The van der Waals surface area contributed by atoms with Crippen LogP contribution in [0.2, 0.25) is 0 Å². The van der Waals surface area contributed by atoms with Crippen LogP contribution in [0.15, 0.2) is 54.6 Å². The van der Waals surface area contributed by atoms with Gasteiger partial charge in [0.2, 0.25) is 0 Å². The third-order valence-corrected chi connectivity index (χ3v) is 8.14. The van der Waals surface area contributed by atoms with Gasteiger partial charge in [-0.2, -0.15) is 0 Å². The van der Waals surface area contributed by atoms with E-state index >= 15 is 0 Å². The van der Waals surface area contributed by atoms with E-state index in [1.54, 1.807) is 0 Å². The van der Waals surface area contributed by atoms with E-state index < -0.39 is 0 Å². The van der Waals surface area contributed by atoms with Gasteiger partial charge in [0.25, 0.3) is 0 Å². The molecule has 6 rings (SSSR count). The molecule has 0 aromatic heterocycles. The minimum absolute atomic E-state index is 0.0452. The van der Waals surface area contributed by atoms with Crippen molar-refractivity contribution in [2.24, 2.45) is 0 Å². The lowest BCUT2D eigenvalue weighted by molar-refractivity contribution is 0.00578. The van der Waals surface area contributed by atoms with Crippen molar-refractivity contribution in [2.75, 3.05) is 0 Å². The van der Waals surface area contributed by atoms with Crippen molar-refractivity contribution in [1.82, 2.24) is 0 Å². The molecular weight excluding hydrogens is 379 g/mol. The molecule has 2 nitrogen and oxygen atoms in total. The molecule has 0 saturated carbocycles. The molecule has 0 N–H and O–H groups in total. The van der Waals surface area contributed by atoms with E-state index in [-0.39, 0.29) is 23.7 Å². The van der Waals surface area contributed by atoms with E-state index in [0.29, 0.717) is 0 Å². The first kappa shape index (κ1) is 19.3. The Labute approximate surface area is 185 Å². The summed E-state index contributed by atoms with van der Waals surface area (Å²) >= 11 is 0. The SMILES string of the molecule is CC1(C)c2ccccc2-c2cc3c(cc21)Cc1ccc(B2OC(C)(C)C(C)(C)O2)cc1-3. The average Bonchev–Trinajstić information content (AvgIpc) is 3.26. The van der Waals surface area contributed by atoms with Gasteiger partial charge in [-0.1, -0.05) is 62.4 Å². The van der Waals surface area contributed by atoms with Crippen molar-refractivity contribution >= 4 is 12.6 Å². The van der Waals surface area contributed by atoms with Gasteiger partial charge >= 0.3 is 7.12 Å². The van der Waals surface area contributed by atoms with Crippen LogP contribution in [-0.2, 0) is 21.1 Å². The van der Waals surface area contributed by atoms with Crippen LogP contribution in [0.1, 0.15) is 63.8 Å².